The third kappa shape index (κ3) is 1.80. The van der Waals surface area contributed by atoms with Crippen LogP contribution in [-0.4, -0.2) is 9.97 Å². The van der Waals surface area contributed by atoms with Crippen molar-refractivity contribution in [2.75, 3.05) is 0 Å². The zero-order valence-electron chi connectivity index (χ0n) is 12.6. The first kappa shape index (κ1) is 13.1. The predicted octanol–water partition coefficient (Wildman–Crippen LogP) is 3.68. The number of rotatable bonds is 0. The Morgan fingerprint density at radius 2 is 0.958 bits per heavy atom. The maximum atomic E-state index is 12.0. The summed E-state index contributed by atoms with van der Waals surface area (Å²) in [6.07, 6.45) is 3.31. The van der Waals surface area contributed by atoms with Crippen molar-refractivity contribution in [2.24, 2.45) is 0 Å². The summed E-state index contributed by atoms with van der Waals surface area (Å²) in [4.78, 5) is 30.3. The minimum absolute atomic E-state index is 0.00795. The SMILES string of the molecule is O=c1cc[nH]c2cc3cc4cc5c(=O)cc[nH]c5cc4cc3cc12. The summed E-state index contributed by atoms with van der Waals surface area (Å²) < 4.78 is 0. The van der Waals surface area contributed by atoms with Gasteiger partial charge >= 0.3 is 0 Å². The highest BCUT2D eigenvalue weighted by Gasteiger charge is 2.06. The number of hydrogen-bond acceptors (Lipinski definition) is 2. The summed E-state index contributed by atoms with van der Waals surface area (Å²) >= 11 is 0. The number of H-pyrrole nitrogens is 2. The van der Waals surface area contributed by atoms with Crippen LogP contribution in [0.1, 0.15) is 0 Å². The Kier molecular flexibility index (Phi) is 2.48. The molecule has 5 rings (SSSR count). The van der Waals surface area contributed by atoms with Crippen molar-refractivity contribution in [2.45, 2.75) is 0 Å². The number of nitrogens with one attached hydrogen (secondary N) is 2. The molecule has 4 heteroatoms. The molecule has 5 aromatic rings. The first-order valence-corrected chi connectivity index (χ1v) is 7.69. The molecule has 0 saturated carbocycles. The van der Waals surface area contributed by atoms with E-state index in [0.29, 0.717) is 10.8 Å². The van der Waals surface area contributed by atoms with Gasteiger partial charge in [-0.1, -0.05) is 0 Å². The molecule has 0 aliphatic carbocycles. The van der Waals surface area contributed by atoms with E-state index in [4.69, 9.17) is 0 Å². The Labute approximate surface area is 135 Å². The average Bonchev–Trinajstić information content (AvgIpc) is 2.58. The molecule has 2 N–H and O–H groups in total. The van der Waals surface area contributed by atoms with Gasteiger partial charge in [0.2, 0.25) is 0 Å². The fourth-order valence-electron chi connectivity index (χ4n) is 3.34. The Morgan fingerprint density at radius 1 is 0.542 bits per heavy atom. The normalized spacial score (nSPS) is 11.7. The molecule has 0 aliphatic rings. The fourth-order valence-corrected chi connectivity index (χ4v) is 3.34. The van der Waals surface area contributed by atoms with Crippen molar-refractivity contribution in [1.82, 2.24) is 9.97 Å². The number of fused-ring (bicyclic) bond motifs is 4. The van der Waals surface area contributed by atoms with Gasteiger partial charge in [0.05, 0.1) is 0 Å². The standard InChI is InChI=1S/C20H12N2O2/c23-19-1-3-21-17-9-13-6-12-8-16-18(22-4-2-20(16)24)10-14(12)5-11(13)7-15(17)19/h1-10H,(H,21,23)(H,22,24). The molecule has 0 radical (unpaired) electrons. The van der Waals surface area contributed by atoms with Crippen molar-refractivity contribution in [3.63, 3.8) is 0 Å². The van der Waals surface area contributed by atoms with Crippen LogP contribution in [0.25, 0.3) is 43.4 Å². The van der Waals surface area contributed by atoms with Gasteiger partial charge < -0.3 is 9.97 Å². The second-order valence-corrected chi connectivity index (χ2v) is 6.03. The highest BCUT2D eigenvalue weighted by atomic mass is 16.1. The quantitative estimate of drug-likeness (QED) is 0.428. The highest BCUT2D eigenvalue weighted by molar-refractivity contribution is 6.06. The molecule has 0 bridgehead atoms. The summed E-state index contributed by atoms with van der Waals surface area (Å²) in [5, 5.41) is 5.43. The summed E-state index contributed by atoms with van der Waals surface area (Å²) in [5.74, 6) is 0. The first-order chi connectivity index (χ1) is 11.7. The van der Waals surface area contributed by atoms with Gasteiger partial charge in [-0.25, -0.2) is 0 Å². The zero-order chi connectivity index (χ0) is 16.3. The first-order valence-electron chi connectivity index (χ1n) is 7.69. The minimum atomic E-state index is 0.00795. The number of aromatic nitrogens is 2. The van der Waals surface area contributed by atoms with Crippen LogP contribution in [-0.2, 0) is 0 Å². The molecule has 0 unspecified atom stereocenters. The monoisotopic (exact) mass is 312 g/mol. The predicted molar refractivity (Wildman–Crippen MR) is 97.7 cm³/mol. The second kappa shape index (κ2) is 4.55. The second-order valence-electron chi connectivity index (χ2n) is 6.03. The molecule has 2 aromatic heterocycles. The molecule has 0 atom stereocenters. The van der Waals surface area contributed by atoms with Crippen molar-refractivity contribution in [1.29, 1.82) is 0 Å². The fraction of sp³-hybridized carbons (Fsp3) is 0. The summed E-state index contributed by atoms with van der Waals surface area (Å²) in [6, 6.07) is 15.0. The van der Waals surface area contributed by atoms with Crippen LogP contribution in [0.3, 0.4) is 0 Å². The van der Waals surface area contributed by atoms with Crippen molar-refractivity contribution < 1.29 is 0 Å². The molecule has 0 fully saturated rings. The molecular formula is C20H12N2O2. The van der Waals surface area contributed by atoms with E-state index >= 15 is 0 Å². The topological polar surface area (TPSA) is 65.7 Å². The van der Waals surface area contributed by atoms with E-state index in [1.807, 2.05) is 24.3 Å². The van der Waals surface area contributed by atoms with E-state index in [9.17, 15) is 9.59 Å². The summed E-state index contributed by atoms with van der Waals surface area (Å²) in [7, 11) is 0. The molecule has 0 aliphatic heterocycles. The van der Waals surface area contributed by atoms with Crippen LogP contribution in [0.15, 0.2) is 70.5 Å². The van der Waals surface area contributed by atoms with Crippen LogP contribution < -0.4 is 10.9 Å². The lowest BCUT2D eigenvalue weighted by atomic mass is 10.00. The maximum absolute atomic E-state index is 12.0. The number of pyridine rings is 2. The lowest BCUT2D eigenvalue weighted by molar-refractivity contribution is 1.40. The Balaban J connectivity index is 1.96. The van der Waals surface area contributed by atoms with Crippen molar-refractivity contribution >= 4 is 43.4 Å². The van der Waals surface area contributed by atoms with Crippen LogP contribution in [0, 0.1) is 0 Å². The minimum Gasteiger partial charge on any atom is -0.361 e. The van der Waals surface area contributed by atoms with Gasteiger partial charge in [0.15, 0.2) is 10.9 Å². The lowest BCUT2D eigenvalue weighted by Crippen LogP contribution is -2.00. The molecule has 0 amide bonds. The zero-order valence-corrected chi connectivity index (χ0v) is 12.6. The average molecular weight is 312 g/mol. The number of aromatic amines is 2. The number of hydrogen-bond donors (Lipinski definition) is 2. The van der Waals surface area contributed by atoms with Crippen LogP contribution in [0.4, 0.5) is 0 Å². The van der Waals surface area contributed by atoms with Crippen molar-refractivity contribution in [3.8, 4) is 0 Å². The lowest BCUT2D eigenvalue weighted by Gasteiger charge is -2.06. The van der Waals surface area contributed by atoms with Gasteiger partial charge in [-0.2, -0.15) is 0 Å². The largest absolute Gasteiger partial charge is 0.361 e. The van der Waals surface area contributed by atoms with E-state index in [1.54, 1.807) is 12.4 Å². The Bertz CT molecular complexity index is 1280. The molecular weight excluding hydrogens is 300 g/mol. The Hall–Kier alpha value is -3.40. The van der Waals surface area contributed by atoms with Crippen molar-refractivity contribution in [3.05, 3.63) is 81.4 Å². The van der Waals surface area contributed by atoms with E-state index in [0.717, 1.165) is 32.6 Å². The van der Waals surface area contributed by atoms with E-state index in [1.165, 1.54) is 12.1 Å². The molecule has 4 nitrogen and oxygen atoms in total. The van der Waals surface area contributed by atoms with Gasteiger partial charge in [0, 0.05) is 46.3 Å². The molecule has 3 aromatic carbocycles. The maximum Gasteiger partial charge on any atom is 0.189 e. The molecule has 0 saturated heterocycles. The van der Waals surface area contributed by atoms with E-state index in [2.05, 4.69) is 22.1 Å². The molecule has 24 heavy (non-hydrogen) atoms. The van der Waals surface area contributed by atoms with Gasteiger partial charge in [0.25, 0.3) is 0 Å². The third-order valence-corrected chi connectivity index (χ3v) is 4.55. The van der Waals surface area contributed by atoms with Gasteiger partial charge in [-0.3, -0.25) is 9.59 Å². The van der Waals surface area contributed by atoms with Crippen LogP contribution >= 0.6 is 0 Å². The van der Waals surface area contributed by atoms with Gasteiger partial charge in [0.1, 0.15) is 0 Å². The van der Waals surface area contributed by atoms with E-state index in [-0.39, 0.29) is 10.9 Å². The van der Waals surface area contributed by atoms with Crippen LogP contribution in [0.5, 0.6) is 0 Å². The smallest absolute Gasteiger partial charge is 0.189 e. The summed E-state index contributed by atoms with van der Waals surface area (Å²) in [6.45, 7) is 0. The highest BCUT2D eigenvalue weighted by Crippen LogP contribution is 2.27. The third-order valence-electron chi connectivity index (χ3n) is 4.55. The van der Waals surface area contributed by atoms with Crippen LogP contribution in [0.2, 0.25) is 0 Å². The number of benzene rings is 3. The van der Waals surface area contributed by atoms with Gasteiger partial charge in [-0.05, 0) is 57.9 Å². The van der Waals surface area contributed by atoms with Gasteiger partial charge in [-0.15, -0.1) is 0 Å². The Morgan fingerprint density at radius 3 is 1.42 bits per heavy atom. The summed E-state index contributed by atoms with van der Waals surface area (Å²) in [5.41, 5.74) is 1.64. The molecule has 2 heterocycles. The molecule has 114 valence electrons. The molecule has 0 spiro atoms. The van der Waals surface area contributed by atoms with E-state index < -0.39 is 0 Å².